The van der Waals surface area contributed by atoms with Gasteiger partial charge in [-0.3, -0.25) is 14.5 Å². The maximum absolute atomic E-state index is 13.9. The van der Waals surface area contributed by atoms with Crippen molar-refractivity contribution >= 4 is 40.1 Å². The van der Waals surface area contributed by atoms with E-state index in [1.165, 1.54) is 22.7 Å². The Morgan fingerprint density at radius 3 is 2.68 bits per heavy atom. The molecule has 1 atom stereocenters. The van der Waals surface area contributed by atoms with Crippen molar-refractivity contribution in [3.63, 3.8) is 0 Å². The molecule has 0 unspecified atom stereocenters. The summed E-state index contributed by atoms with van der Waals surface area (Å²) in [5.41, 5.74) is 3.00. The van der Waals surface area contributed by atoms with E-state index in [-0.39, 0.29) is 23.9 Å². The Morgan fingerprint density at radius 2 is 1.96 bits per heavy atom. The van der Waals surface area contributed by atoms with Crippen molar-refractivity contribution in [1.29, 1.82) is 0 Å². The van der Waals surface area contributed by atoms with Crippen molar-refractivity contribution in [3.05, 3.63) is 59.4 Å². The smallest absolute Gasteiger partial charge is 0.242 e. The van der Waals surface area contributed by atoms with E-state index in [9.17, 15) is 14.0 Å². The van der Waals surface area contributed by atoms with E-state index in [0.717, 1.165) is 16.8 Å². The van der Waals surface area contributed by atoms with E-state index in [1.807, 2.05) is 39.0 Å². The third-order valence-corrected chi connectivity index (χ3v) is 5.83. The minimum absolute atomic E-state index is 0.0314. The molecule has 0 saturated carbocycles. The highest BCUT2D eigenvalue weighted by atomic mass is 32.2. The van der Waals surface area contributed by atoms with Crippen molar-refractivity contribution in [2.24, 2.45) is 4.99 Å². The number of halogens is 1. The number of hydrogen-bond acceptors (Lipinski definition) is 4. The Bertz CT molecular complexity index is 945. The Balaban J connectivity index is 1.74. The number of aryl methyl sites for hydroxylation is 1. The van der Waals surface area contributed by atoms with Crippen LogP contribution in [0.5, 0.6) is 0 Å². The van der Waals surface area contributed by atoms with Crippen LogP contribution in [0.25, 0.3) is 0 Å². The number of benzene rings is 2. The summed E-state index contributed by atoms with van der Waals surface area (Å²) in [5, 5.41) is 2.73. The lowest BCUT2D eigenvalue weighted by molar-refractivity contribution is -0.128. The molecular weight excluding hydrogens is 377 g/mol. The molecule has 3 rings (SSSR count). The monoisotopic (exact) mass is 399 g/mol. The summed E-state index contributed by atoms with van der Waals surface area (Å²) < 4.78 is 13.9. The number of carbonyl (C=O) groups is 2. The van der Waals surface area contributed by atoms with Crippen LogP contribution in [0.15, 0.2) is 47.5 Å². The topological polar surface area (TPSA) is 61.8 Å². The quantitative estimate of drug-likeness (QED) is 0.809. The highest BCUT2D eigenvalue weighted by Crippen LogP contribution is 2.32. The maximum Gasteiger partial charge on any atom is 0.242 e. The Kier molecular flexibility index (Phi) is 6.14. The molecule has 2 aromatic rings. The van der Waals surface area contributed by atoms with Gasteiger partial charge in [-0.15, -0.1) is 0 Å². The molecule has 0 spiro atoms. The summed E-state index contributed by atoms with van der Waals surface area (Å²) in [7, 11) is 0. The van der Waals surface area contributed by atoms with Crippen molar-refractivity contribution in [3.8, 4) is 0 Å². The molecule has 1 heterocycles. The van der Waals surface area contributed by atoms with Crippen molar-refractivity contribution < 1.29 is 14.0 Å². The Labute approximate surface area is 168 Å². The van der Waals surface area contributed by atoms with Gasteiger partial charge in [-0.25, -0.2) is 9.38 Å². The zero-order valence-corrected chi connectivity index (χ0v) is 16.8. The minimum Gasteiger partial charge on any atom is -0.326 e. The fourth-order valence-electron chi connectivity index (χ4n) is 2.92. The van der Waals surface area contributed by atoms with Gasteiger partial charge in [0, 0.05) is 18.7 Å². The zero-order chi connectivity index (χ0) is 20.3. The maximum atomic E-state index is 13.9. The van der Waals surface area contributed by atoms with E-state index in [0.29, 0.717) is 11.7 Å². The fraction of sp³-hybridized carbons (Fsp3) is 0.286. The lowest BCUT2D eigenvalue weighted by Gasteiger charge is -2.14. The predicted molar refractivity (Wildman–Crippen MR) is 111 cm³/mol. The molecule has 2 aromatic carbocycles. The molecule has 146 valence electrons. The van der Waals surface area contributed by atoms with E-state index in [2.05, 4.69) is 10.3 Å². The first-order valence-corrected chi connectivity index (χ1v) is 9.96. The second-order valence-electron chi connectivity index (χ2n) is 6.53. The molecular formula is C21H22FN3O2S. The number of amidine groups is 1. The zero-order valence-electron chi connectivity index (χ0n) is 16.0. The molecule has 1 aliphatic rings. The van der Waals surface area contributed by atoms with Gasteiger partial charge in [-0.05, 0) is 50.1 Å². The van der Waals surface area contributed by atoms with Crippen LogP contribution < -0.4 is 5.32 Å². The number of aliphatic imine (C=N–C) groups is 1. The summed E-state index contributed by atoms with van der Waals surface area (Å²) in [6, 6.07) is 11.9. The average Bonchev–Trinajstić information content (AvgIpc) is 2.95. The second-order valence-corrected chi connectivity index (χ2v) is 7.70. The van der Waals surface area contributed by atoms with Crippen molar-refractivity contribution in [2.75, 3.05) is 11.9 Å². The van der Waals surface area contributed by atoms with Crippen LogP contribution in [-0.4, -0.2) is 33.7 Å². The summed E-state index contributed by atoms with van der Waals surface area (Å²) >= 11 is 1.20. The van der Waals surface area contributed by atoms with Crippen LogP contribution in [-0.2, 0) is 9.59 Å². The molecule has 7 heteroatoms. The first-order valence-electron chi connectivity index (χ1n) is 9.08. The third-order valence-electron chi connectivity index (χ3n) is 4.65. The summed E-state index contributed by atoms with van der Waals surface area (Å²) in [4.78, 5) is 31.0. The van der Waals surface area contributed by atoms with Gasteiger partial charge in [0.15, 0.2) is 5.17 Å². The van der Waals surface area contributed by atoms with Crippen LogP contribution in [0.4, 0.5) is 15.8 Å². The van der Waals surface area contributed by atoms with E-state index in [4.69, 9.17) is 0 Å². The standard InChI is InChI=1S/C21H22FN3O2S/c1-4-25-20(27)18(28-21(25)24-17-10-6-5-9-15(17)22)12-19(26)23-16-11-7-8-13(2)14(16)3/h5-11,18H,4,12H2,1-3H3,(H,23,26)/t18-/m0/s1. The fourth-order valence-corrected chi connectivity index (χ4v) is 4.13. The Hall–Kier alpha value is -2.67. The van der Waals surface area contributed by atoms with Gasteiger partial charge in [0.25, 0.3) is 0 Å². The molecule has 2 amide bonds. The molecule has 1 fully saturated rings. The minimum atomic E-state index is -0.574. The highest BCUT2D eigenvalue weighted by molar-refractivity contribution is 8.15. The largest absolute Gasteiger partial charge is 0.326 e. The van der Waals surface area contributed by atoms with Gasteiger partial charge in [-0.1, -0.05) is 36.0 Å². The van der Waals surface area contributed by atoms with Gasteiger partial charge in [-0.2, -0.15) is 0 Å². The number of amides is 2. The van der Waals surface area contributed by atoms with Gasteiger partial charge < -0.3 is 5.32 Å². The molecule has 0 aromatic heterocycles. The highest BCUT2D eigenvalue weighted by Gasteiger charge is 2.38. The lowest BCUT2D eigenvalue weighted by Crippen LogP contribution is -2.33. The van der Waals surface area contributed by atoms with Crippen LogP contribution in [0.2, 0.25) is 0 Å². The SMILES string of the molecule is CCN1C(=O)[C@H](CC(=O)Nc2cccc(C)c2C)SC1=Nc1ccccc1F. The summed E-state index contributed by atoms with van der Waals surface area (Å²) in [6.45, 7) is 6.16. The second kappa shape index (κ2) is 8.56. The number of hydrogen-bond donors (Lipinski definition) is 1. The number of nitrogens with one attached hydrogen (secondary N) is 1. The molecule has 0 bridgehead atoms. The molecule has 0 aliphatic carbocycles. The third kappa shape index (κ3) is 4.25. The number of anilines is 1. The molecule has 1 N–H and O–H groups in total. The first-order chi connectivity index (χ1) is 13.4. The van der Waals surface area contributed by atoms with Gasteiger partial charge in [0.05, 0.1) is 0 Å². The molecule has 1 saturated heterocycles. The van der Waals surface area contributed by atoms with E-state index >= 15 is 0 Å². The summed E-state index contributed by atoms with van der Waals surface area (Å²) in [6.07, 6.45) is 0.0314. The van der Waals surface area contributed by atoms with Crippen molar-refractivity contribution in [2.45, 2.75) is 32.4 Å². The van der Waals surface area contributed by atoms with Gasteiger partial charge >= 0.3 is 0 Å². The van der Waals surface area contributed by atoms with Crippen LogP contribution >= 0.6 is 11.8 Å². The normalized spacial score (nSPS) is 18.0. The molecule has 5 nitrogen and oxygen atoms in total. The van der Waals surface area contributed by atoms with Crippen molar-refractivity contribution in [1.82, 2.24) is 4.90 Å². The number of rotatable bonds is 5. The van der Waals surface area contributed by atoms with Gasteiger partial charge in [0.1, 0.15) is 16.8 Å². The van der Waals surface area contributed by atoms with Crippen LogP contribution in [0, 0.1) is 19.7 Å². The predicted octanol–water partition coefficient (Wildman–Crippen LogP) is 4.42. The number of thioether (sulfide) groups is 1. The van der Waals surface area contributed by atoms with Crippen LogP contribution in [0.3, 0.4) is 0 Å². The Morgan fingerprint density at radius 1 is 1.21 bits per heavy atom. The van der Waals surface area contributed by atoms with E-state index < -0.39 is 11.1 Å². The first kappa shape index (κ1) is 20.1. The number of carbonyl (C=O) groups excluding carboxylic acids is 2. The lowest BCUT2D eigenvalue weighted by atomic mass is 10.1. The molecule has 1 aliphatic heterocycles. The van der Waals surface area contributed by atoms with E-state index in [1.54, 1.807) is 18.2 Å². The number of nitrogens with zero attached hydrogens (tertiary/aromatic N) is 2. The number of para-hydroxylation sites is 1. The van der Waals surface area contributed by atoms with Gasteiger partial charge in [0.2, 0.25) is 11.8 Å². The molecule has 28 heavy (non-hydrogen) atoms. The molecule has 0 radical (unpaired) electrons. The average molecular weight is 399 g/mol. The van der Waals surface area contributed by atoms with Crippen LogP contribution in [0.1, 0.15) is 24.5 Å². The summed E-state index contributed by atoms with van der Waals surface area (Å²) in [5.74, 6) is -0.864.